The number of imidazole rings is 1. The van der Waals surface area contributed by atoms with Crippen molar-refractivity contribution in [1.82, 2.24) is 24.9 Å². The number of aromatic nitrogens is 4. The number of hydrogen-bond donors (Lipinski definition) is 2. The molecule has 0 aliphatic carbocycles. The average Bonchev–Trinajstić information content (AvgIpc) is 3.25. The number of fused-ring (bicyclic) bond motifs is 1. The molecule has 2 amide bonds. The largest absolute Gasteiger partial charge is 0.573 e. The summed E-state index contributed by atoms with van der Waals surface area (Å²) in [6, 6.07) is 6.61. The first kappa shape index (κ1) is 23.6. The molecule has 10 nitrogen and oxygen atoms in total. The van der Waals surface area contributed by atoms with Crippen molar-refractivity contribution in [1.29, 1.82) is 0 Å². The molecule has 1 atom stereocenters. The van der Waals surface area contributed by atoms with E-state index in [1.807, 2.05) is 0 Å². The molecule has 3 heterocycles. The Morgan fingerprint density at radius 3 is 2.68 bits per heavy atom. The van der Waals surface area contributed by atoms with Gasteiger partial charge in [0.2, 0.25) is 11.8 Å². The molecule has 0 bridgehead atoms. The minimum absolute atomic E-state index is 0.236. The van der Waals surface area contributed by atoms with Crippen LogP contribution < -0.4 is 20.1 Å². The standard InChI is InChI=1S/C24H20F4N6O4/c1-12-16(19-6-7-21-32-20(31-13(2)35)11-34(21)33-19)9-17(23(30-12)37-3)22(36)29-10-14-8-15(4-5-18(14)25)38-24(26,27)28/h4-9,11H,10H2,1-3H3,(H,29,36)(H,31,35)/i3D,10D. The number of nitrogens with zero attached hydrogens (tertiary/aromatic N) is 4. The van der Waals surface area contributed by atoms with Crippen molar-refractivity contribution in [3.8, 4) is 22.9 Å². The van der Waals surface area contributed by atoms with E-state index in [4.69, 9.17) is 7.48 Å². The zero-order valence-electron chi connectivity index (χ0n) is 21.8. The first-order chi connectivity index (χ1) is 18.8. The van der Waals surface area contributed by atoms with Crippen LogP contribution in [0.25, 0.3) is 16.9 Å². The van der Waals surface area contributed by atoms with E-state index in [9.17, 15) is 27.2 Å². The predicted octanol–water partition coefficient (Wildman–Crippen LogP) is 4.03. The second-order valence-electron chi connectivity index (χ2n) is 7.80. The van der Waals surface area contributed by atoms with Crippen molar-refractivity contribution >= 4 is 23.3 Å². The molecule has 0 spiro atoms. The molecule has 0 aliphatic rings. The number of rotatable bonds is 7. The first-order valence-electron chi connectivity index (χ1n) is 12.0. The summed E-state index contributed by atoms with van der Waals surface area (Å²) in [5, 5.41) is 9.16. The number of ether oxygens (including phenoxy) is 2. The second kappa shape index (κ2) is 10.3. The van der Waals surface area contributed by atoms with Gasteiger partial charge in [-0.2, -0.15) is 5.10 Å². The van der Waals surface area contributed by atoms with Gasteiger partial charge in [-0.1, -0.05) is 0 Å². The van der Waals surface area contributed by atoms with Crippen molar-refractivity contribution in [3.05, 3.63) is 65.2 Å². The van der Waals surface area contributed by atoms with Gasteiger partial charge in [-0.05, 0) is 43.3 Å². The second-order valence-corrected chi connectivity index (χ2v) is 7.80. The van der Waals surface area contributed by atoms with Crippen LogP contribution in [0.2, 0.25) is 0 Å². The quantitative estimate of drug-likeness (QED) is 0.344. The lowest BCUT2D eigenvalue weighted by atomic mass is 10.1. The molecule has 1 unspecified atom stereocenters. The number of alkyl halides is 3. The van der Waals surface area contributed by atoms with Gasteiger partial charge < -0.3 is 20.1 Å². The summed E-state index contributed by atoms with van der Waals surface area (Å²) in [5.74, 6) is -3.10. The Kier molecular flexibility index (Phi) is 6.42. The van der Waals surface area contributed by atoms with Crippen LogP contribution in [-0.4, -0.2) is 44.8 Å². The fourth-order valence-electron chi connectivity index (χ4n) is 3.43. The third-order valence-electron chi connectivity index (χ3n) is 5.02. The van der Waals surface area contributed by atoms with E-state index in [-0.39, 0.29) is 23.2 Å². The van der Waals surface area contributed by atoms with E-state index in [0.29, 0.717) is 34.7 Å². The highest BCUT2D eigenvalue weighted by atomic mass is 19.4. The first-order valence-corrected chi connectivity index (χ1v) is 10.7. The van der Waals surface area contributed by atoms with Crippen molar-refractivity contribution in [3.63, 3.8) is 0 Å². The molecule has 1 aromatic carbocycles. The average molecular weight is 534 g/mol. The Morgan fingerprint density at radius 2 is 1.97 bits per heavy atom. The SMILES string of the molecule is [2H]COc1nc(C)c(-c2ccc3nc(NC(C)=O)cn3n2)cc1C(=O)NC([2H])c1cc(OC(F)(F)F)ccc1F. The maximum atomic E-state index is 14.3. The fourth-order valence-corrected chi connectivity index (χ4v) is 3.43. The molecule has 0 saturated carbocycles. The van der Waals surface area contributed by atoms with Gasteiger partial charge in [0.25, 0.3) is 5.91 Å². The molecule has 0 saturated heterocycles. The number of anilines is 1. The molecule has 0 fully saturated rings. The number of nitrogens with one attached hydrogen (secondary N) is 2. The number of carbonyl (C=O) groups is 2. The Hall–Kier alpha value is -4.75. The molecule has 4 aromatic rings. The van der Waals surface area contributed by atoms with Gasteiger partial charge in [0, 0.05) is 24.6 Å². The lowest BCUT2D eigenvalue weighted by molar-refractivity contribution is -0.274. The van der Waals surface area contributed by atoms with E-state index in [0.717, 1.165) is 6.07 Å². The normalized spacial score (nSPS) is 12.9. The molecule has 0 radical (unpaired) electrons. The van der Waals surface area contributed by atoms with Crippen LogP contribution in [0.5, 0.6) is 11.6 Å². The third-order valence-corrected chi connectivity index (χ3v) is 5.02. The highest BCUT2D eigenvalue weighted by Gasteiger charge is 2.31. The van der Waals surface area contributed by atoms with Crippen LogP contribution in [0.1, 0.15) is 31.3 Å². The molecular formula is C24H20F4N6O4. The number of pyridine rings is 1. The number of benzene rings is 1. The molecule has 2 N–H and O–H groups in total. The summed E-state index contributed by atoms with van der Waals surface area (Å²) in [5.41, 5.74) is 0.648. The van der Waals surface area contributed by atoms with Crippen molar-refractivity contribution in [2.45, 2.75) is 26.7 Å². The summed E-state index contributed by atoms with van der Waals surface area (Å²) in [4.78, 5) is 32.9. The van der Waals surface area contributed by atoms with Gasteiger partial charge in [0.15, 0.2) is 11.5 Å². The van der Waals surface area contributed by atoms with E-state index < -0.39 is 43.0 Å². The lowest BCUT2D eigenvalue weighted by Crippen LogP contribution is -2.24. The van der Waals surface area contributed by atoms with Crippen LogP contribution in [0.4, 0.5) is 23.4 Å². The number of halogens is 4. The van der Waals surface area contributed by atoms with Crippen LogP contribution in [0.3, 0.4) is 0 Å². The summed E-state index contributed by atoms with van der Waals surface area (Å²) in [7, 11) is -0.604. The number of methoxy groups -OCH3 is 1. The zero-order valence-corrected chi connectivity index (χ0v) is 19.8. The van der Waals surface area contributed by atoms with Gasteiger partial charge in [-0.3, -0.25) is 9.59 Å². The minimum atomic E-state index is -5.04. The molecule has 0 aliphatic heterocycles. The summed E-state index contributed by atoms with van der Waals surface area (Å²) in [6.07, 6.45) is -3.56. The molecule has 38 heavy (non-hydrogen) atoms. The Bertz CT molecular complexity index is 1600. The Labute approximate surface area is 215 Å². The number of hydrogen-bond acceptors (Lipinski definition) is 7. The lowest BCUT2D eigenvalue weighted by Gasteiger charge is -2.14. The topological polar surface area (TPSA) is 120 Å². The monoisotopic (exact) mass is 534 g/mol. The number of amides is 2. The molecule has 3 aromatic heterocycles. The van der Waals surface area contributed by atoms with Crippen molar-refractivity contribution in [2.24, 2.45) is 0 Å². The molecule has 198 valence electrons. The maximum Gasteiger partial charge on any atom is 0.573 e. The van der Waals surface area contributed by atoms with Crippen LogP contribution in [-0.2, 0) is 11.3 Å². The van der Waals surface area contributed by atoms with Crippen molar-refractivity contribution < 1.29 is 39.4 Å². The highest BCUT2D eigenvalue weighted by molar-refractivity contribution is 5.97. The van der Waals surface area contributed by atoms with Crippen molar-refractivity contribution in [2.75, 3.05) is 12.4 Å². The molecule has 4 rings (SSSR count). The van der Waals surface area contributed by atoms with Crippen LogP contribution >= 0.6 is 0 Å². The summed E-state index contributed by atoms with van der Waals surface area (Å²) >= 11 is 0. The molecule has 14 heteroatoms. The van der Waals surface area contributed by atoms with Gasteiger partial charge in [0.05, 0.1) is 27.4 Å². The summed E-state index contributed by atoms with van der Waals surface area (Å²) < 4.78 is 77.9. The number of aryl methyl sites for hydroxylation is 1. The van der Waals surface area contributed by atoms with E-state index in [1.165, 1.54) is 23.7 Å². The van der Waals surface area contributed by atoms with Crippen LogP contribution in [0.15, 0.2) is 42.6 Å². The van der Waals surface area contributed by atoms with E-state index >= 15 is 0 Å². The number of carbonyl (C=O) groups excluding carboxylic acids is 2. The van der Waals surface area contributed by atoms with E-state index in [1.54, 1.807) is 19.1 Å². The van der Waals surface area contributed by atoms with E-state index in [2.05, 4.69) is 30.4 Å². The van der Waals surface area contributed by atoms with Gasteiger partial charge >= 0.3 is 6.36 Å². The zero-order chi connectivity index (χ0) is 29.2. The predicted molar refractivity (Wildman–Crippen MR) is 126 cm³/mol. The Balaban J connectivity index is 1.67. The fraction of sp³-hybridized carbons (Fsp3) is 0.208. The van der Waals surface area contributed by atoms with Gasteiger partial charge in [0.1, 0.15) is 17.1 Å². The maximum absolute atomic E-state index is 14.3. The third kappa shape index (κ3) is 5.96. The summed E-state index contributed by atoms with van der Waals surface area (Å²) in [6.45, 7) is 1.09. The highest BCUT2D eigenvalue weighted by Crippen LogP contribution is 2.28. The molecular weight excluding hydrogens is 512 g/mol. The minimum Gasteiger partial charge on any atom is -0.480 e. The smallest absolute Gasteiger partial charge is 0.480 e. The van der Waals surface area contributed by atoms with Crippen LogP contribution in [0, 0.1) is 12.7 Å². The van der Waals surface area contributed by atoms with Gasteiger partial charge in [-0.25, -0.2) is 18.9 Å². The Morgan fingerprint density at radius 1 is 1.18 bits per heavy atom. The van der Waals surface area contributed by atoms with Gasteiger partial charge in [-0.15, -0.1) is 13.2 Å².